The van der Waals surface area contributed by atoms with Crippen LogP contribution in [0.4, 0.5) is 17.1 Å². The number of aryl methyl sites for hydroxylation is 1. The number of anilines is 2. The van der Waals surface area contributed by atoms with Crippen LogP contribution in [0.1, 0.15) is 15.9 Å². The summed E-state index contributed by atoms with van der Waals surface area (Å²) in [6.07, 6.45) is 0. The number of halogens is 1. The molecular weight excluding hydrogens is 428 g/mol. The summed E-state index contributed by atoms with van der Waals surface area (Å²) in [5.74, 6) is 0.0677. The van der Waals surface area contributed by atoms with E-state index in [9.17, 15) is 14.9 Å². The Bertz CT molecular complexity index is 913. The molecule has 1 amide bonds. The van der Waals surface area contributed by atoms with Crippen LogP contribution in [0.3, 0.4) is 0 Å². The molecule has 0 radical (unpaired) electrons. The first kappa shape index (κ1) is 20.1. The summed E-state index contributed by atoms with van der Waals surface area (Å²) in [5.41, 5.74) is 2.04. The monoisotopic (exact) mass is 448 g/mol. The molecule has 0 saturated carbocycles. The van der Waals surface area contributed by atoms with Crippen LogP contribution in [0.5, 0.6) is 5.75 Å². The number of carbonyl (C=O) groups is 1. The van der Waals surface area contributed by atoms with Gasteiger partial charge in [0.2, 0.25) is 0 Å². The number of amides is 1. The number of hydrogen-bond donors (Lipinski definition) is 2. The minimum atomic E-state index is -0.420. The molecule has 2 N–H and O–H groups in total. The van der Waals surface area contributed by atoms with Crippen LogP contribution in [0.2, 0.25) is 0 Å². The molecule has 1 fully saturated rings. The number of carbonyl (C=O) groups excluding carboxylic acids is 1. The van der Waals surface area contributed by atoms with Gasteiger partial charge in [-0.3, -0.25) is 14.9 Å². The van der Waals surface area contributed by atoms with Crippen LogP contribution in [0.25, 0.3) is 0 Å². The molecule has 9 heteroatoms. The Morgan fingerprint density at radius 2 is 2.00 bits per heavy atom. The second kappa shape index (κ2) is 8.57. The van der Waals surface area contributed by atoms with Crippen LogP contribution in [-0.4, -0.2) is 44.1 Å². The maximum Gasteiger partial charge on any atom is 0.294 e. The van der Waals surface area contributed by atoms with Crippen molar-refractivity contribution in [1.82, 2.24) is 5.32 Å². The predicted octanol–water partition coefficient (Wildman–Crippen LogP) is 3.34. The number of nitro benzene ring substituents is 1. The van der Waals surface area contributed by atoms with Crippen LogP contribution in [-0.2, 0) is 0 Å². The van der Waals surface area contributed by atoms with E-state index >= 15 is 0 Å². The van der Waals surface area contributed by atoms with Gasteiger partial charge in [0.05, 0.1) is 17.6 Å². The molecule has 148 valence electrons. The summed E-state index contributed by atoms with van der Waals surface area (Å²) in [7, 11) is 1.50. The number of piperazine rings is 1. The molecule has 1 saturated heterocycles. The van der Waals surface area contributed by atoms with E-state index < -0.39 is 10.8 Å². The average Bonchev–Trinajstić information content (AvgIpc) is 2.68. The summed E-state index contributed by atoms with van der Waals surface area (Å²) in [4.78, 5) is 25.9. The third kappa shape index (κ3) is 4.26. The van der Waals surface area contributed by atoms with Gasteiger partial charge in [0, 0.05) is 42.4 Å². The van der Waals surface area contributed by atoms with E-state index in [2.05, 4.69) is 26.6 Å². The normalized spacial score (nSPS) is 13.9. The van der Waals surface area contributed by atoms with Crippen molar-refractivity contribution < 1.29 is 14.5 Å². The number of benzene rings is 2. The molecule has 2 aromatic rings. The molecule has 1 aliphatic rings. The Balaban J connectivity index is 1.90. The van der Waals surface area contributed by atoms with Crippen molar-refractivity contribution in [1.29, 1.82) is 0 Å². The van der Waals surface area contributed by atoms with Gasteiger partial charge in [-0.25, -0.2) is 0 Å². The summed E-state index contributed by atoms with van der Waals surface area (Å²) < 4.78 is 6.09. The second-order valence-electron chi connectivity index (χ2n) is 6.46. The number of nitrogens with one attached hydrogen (secondary N) is 2. The largest absolute Gasteiger partial charge is 0.496 e. The number of ether oxygens (including phenoxy) is 1. The number of hydrogen-bond acceptors (Lipinski definition) is 6. The number of rotatable bonds is 5. The second-order valence-corrected chi connectivity index (χ2v) is 7.37. The fraction of sp³-hybridized carbons (Fsp3) is 0.316. The van der Waals surface area contributed by atoms with Gasteiger partial charge in [0.15, 0.2) is 0 Å². The smallest absolute Gasteiger partial charge is 0.294 e. The minimum absolute atomic E-state index is 0.0305. The van der Waals surface area contributed by atoms with Crippen molar-refractivity contribution >= 4 is 38.9 Å². The van der Waals surface area contributed by atoms with Crippen molar-refractivity contribution in [3.63, 3.8) is 0 Å². The lowest BCUT2D eigenvalue weighted by Gasteiger charge is -2.29. The lowest BCUT2D eigenvalue weighted by atomic mass is 10.1. The maximum absolute atomic E-state index is 12.8. The summed E-state index contributed by atoms with van der Waals surface area (Å²) in [6.45, 7) is 4.78. The molecule has 3 rings (SSSR count). The third-order valence-electron chi connectivity index (χ3n) is 4.58. The van der Waals surface area contributed by atoms with E-state index in [0.717, 1.165) is 23.1 Å². The first-order valence-electron chi connectivity index (χ1n) is 8.80. The van der Waals surface area contributed by atoms with Crippen LogP contribution in [0.15, 0.2) is 34.8 Å². The molecule has 0 bridgehead atoms. The quantitative estimate of drug-likeness (QED) is 0.537. The van der Waals surface area contributed by atoms with Crippen molar-refractivity contribution in [2.24, 2.45) is 0 Å². The Morgan fingerprint density at radius 1 is 1.29 bits per heavy atom. The van der Waals surface area contributed by atoms with E-state index in [1.54, 1.807) is 18.2 Å². The van der Waals surface area contributed by atoms with Crippen LogP contribution >= 0.6 is 15.9 Å². The molecule has 1 aliphatic heterocycles. The number of nitrogens with zero attached hydrogens (tertiary/aromatic N) is 2. The lowest BCUT2D eigenvalue weighted by Crippen LogP contribution is -2.43. The van der Waals surface area contributed by atoms with E-state index in [1.165, 1.54) is 13.2 Å². The van der Waals surface area contributed by atoms with Crippen LogP contribution in [0, 0.1) is 17.0 Å². The predicted molar refractivity (Wildman–Crippen MR) is 112 cm³/mol. The first-order chi connectivity index (χ1) is 13.4. The molecule has 2 aromatic carbocycles. The molecule has 0 atom stereocenters. The SMILES string of the molecule is COc1c(C)cc(Br)cc1C(=O)Nc1ccc(N2CCNCC2)c([N+](=O)[O-])c1. The highest BCUT2D eigenvalue weighted by Crippen LogP contribution is 2.33. The first-order valence-corrected chi connectivity index (χ1v) is 9.59. The van der Waals surface area contributed by atoms with Gasteiger partial charge < -0.3 is 20.3 Å². The molecule has 0 aliphatic carbocycles. The maximum atomic E-state index is 12.8. The highest BCUT2D eigenvalue weighted by Gasteiger charge is 2.23. The van der Waals surface area contributed by atoms with Gasteiger partial charge in [-0.05, 0) is 36.8 Å². The van der Waals surface area contributed by atoms with E-state index in [-0.39, 0.29) is 5.69 Å². The molecule has 28 heavy (non-hydrogen) atoms. The molecule has 8 nitrogen and oxygen atoms in total. The van der Waals surface area contributed by atoms with Gasteiger partial charge in [-0.15, -0.1) is 0 Å². The fourth-order valence-corrected chi connectivity index (χ4v) is 3.86. The van der Waals surface area contributed by atoms with Crippen LogP contribution < -0.4 is 20.3 Å². The Labute approximate surface area is 171 Å². The average molecular weight is 449 g/mol. The van der Waals surface area contributed by atoms with Crippen molar-refractivity contribution in [2.75, 3.05) is 43.5 Å². The summed E-state index contributed by atoms with van der Waals surface area (Å²) in [6, 6.07) is 8.27. The van der Waals surface area contributed by atoms with Crippen molar-refractivity contribution in [3.8, 4) is 5.75 Å². The minimum Gasteiger partial charge on any atom is -0.496 e. The van der Waals surface area contributed by atoms with Crippen molar-refractivity contribution in [3.05, 3.63) is 56.0 Å². The Kier molecular flexibility index (Phi) is 6.15. The number of nitro groups is 1. The van der Waals surface area contributed by atoms with E-state index in [0.29, 0.717) is 35.8 Å². The zero-order valence-electron chi connectivity index (χ0n) is 15.6. The van der Waals surface area contributed by atoms with Gasteiger partial charge in [-0.1, -0.05) is 15.9 Å². The molecule has 0 aromatic heterocycles. The van der Waals surface area contributed by atoms with E-state index in [1.807, 2.05) is 17.9 Å². The van der Waals surface area contributed by atoms with Gasteiger partial charge in [0.25, 0.3) is 11.6 Å². The zero-order chi connectivity index (χ0) is 20.3. The van der Waals surface area contributed by atoms with Crippen molar-refractivity contribution in [2.45, 2.75) is 6.92 Å². The molecule has 1 heterocycles. The highest BCUT2D eigenvalue weighted by molar-refractivity contribution is 9.10. The van der Waals surface area contributed by atoms with Gasteiger partial charge >= 0.3 is 0 Å². The Morgan fingerprint density at radius 3 is 2.64 bits per heavy atom. The highest BCUT2D eigenvalue weighted by atomic mass is 79.9. The Hall–Kier alpha value is -2.65. The molecule has 0 unspecified atom stereocenters. The number of methoxy groups -OCH3 is 1. The summed E-state index contributed by atoms with van der Waals surface area (Å²) in [5, 5.41) is 17.5. The topological polar surface area (TPSA) is 96.7 Å². The van der Waals surface area contributed by atoms with Gasteiger partial charge in [0.1, 0.15) is 11.4 Å². The zero-order valence-corrected chi connectivity index (χ0v) is 17.2. The fourth-order valence-electron chi connectivity index (χ4n) is 3.29. The molecule has 0 spiro atoms. The lowest BCUT2D eigenvalue weighted by molar-refractivity contribution is -0.384. The van der Waals surface area contributed by atoms with Gasteiger partial charge in [-0.2, -0.15) is 0 Å². The summed E-state index contributed by atoms with van der Waals surface area (Å²) >= 11 is 3.38. The van der Waals surface area contributed by atoms with E-state index in [4.69, 9.17) is 4.74 Å². The third-order valence-corrected chi connectivity index (χ3v) is 5.03. The standard InChI is InChI=1S/C19H21BrN4O4/c1-12-9-13(20)10-15(18(12)28-2)19(25)22-14-3-4-16(17(11-14)24(26)27)23-7-5-21-6-8-23/h3-4,9-11,21H,5-8H2,1-2H3,(H,22,25). The molecular formula is C19H21BrN4O4.